The smallest absolute Gasteiger partial charge is 0.418 e. The van der Waals surface area contributed by atoms with Gasteiger partial charge < -0.3 is 36.8 Å². The average Bonchev–Trinajstić information content (AvgIpc) is 3.80. The lowest BCUT2D eigenvalue weighted by Crippen LogP contribution is -2.76. The summed E-state index contributed by atoms with van der Waals surface area (Å²) in [4.78, 5) is 62.4. The summed E-state index contributed by atoms with van der Waals surface area (Å²) in [7, 11) is -5.04. The van der Waals surface area contributed by atoms with Crippen LogP contribution in [0.5, 0.6) is 5.75 Å². The van der Waals surface area contributed by atoms with Gasteiger partial charge in [-0.25, -0.2) is 9.78 Å². The Kier molecular flexibility index (Phi) is 10.9. The number of anilines is 2. The molecule has 8 N–H and O–H groups in total. The first-order valence-electron chi connectivity index (χ1n) is 16.6. The van der Waals surface area contributed by atoms with Crippen molar-refractivity contribution in [1.29, 1.82) is 0 Å². The second-order valence-corrected chi connectivity index (χ2v) is 15.2. The summed E-state index contributed by atoms with van der Waals surface area (Å²) in [6.45, 7) is 6.30. The molecule has 0 bridgehead atoms. The average molecular weight is 792 g/mol. The van der Waals surface area contributed by atoms with E-state index in [2.05, 4.69) is 34.4 Å². The summed E-state index contributed by atoms with van der Waals surface area (Å²) >= 11 is 0.946. The van der Waals surface area contributed by atoms with Crippen LogP contribution in [0, 0.1) is 5.92 Å². The molecule has 1 aromatic carbocycles. The van der Waals surface area contributed by atoms with E-state index in [9.17, 15) is 32.7 Å². The van der Waals surface area contributed by atoms with Gasteiger partial charge in [-0.2, -0.15) is 18.2 Å². The lowest BCUT2D eigenvalue weighted by atomic mass is 9.84. The third-order valence-electron chi connectivity index (χ3n) is 9.04. The molecule has 3 amide bonds. The van der Waals surface area contributed by atoms with Gasteiger partial charge in [-0.15, -0.1) is 20.3 Å². The zero-order chi connectivity index (χ0) is 38.9. The van der Waals surface area contributed by atoms with Crippen LogP contribution in [0.4, 0.5) is 10.8 Å². The maximum Gasteiger partial charge on any atom is 0.418 e. The Morgan fingerprint density at radius 1 is 1.28 bits per heavy atom. The number of hydroxylamine groups is 2. The molecule has 6 rings (SSSR count). The van der Waals surface area contributed by atoms with Crippen molar-refractivity contribution in [3.05, 3.63) is 52.8 Å². The van der Waals surface area contributed by atoms with Crippen molar-refractivity contribution in [2.75, 3.05) is 36.9 Å². The summed E-state index contributed by atoms with van der Waals surface area (Å²) in [5, 5.41) is 21.0. The summed E-state index contributed by atoms with van der Waals surface area (Å²) in [5.74, 6) is -2.98. The predicted molar refractivity (Wildman–Crippen MR) is 188 cm³/mol. The van der Waals surface area contributed by atoms with Crippen molar-refractivity contribution in [3.63, 3.8) is 0 Å². The standard InChI is InChI=1S/C31H38N10O11S2/c1-31(2)25(28(44)41(31)52-54(47,48)49)36-26(42)24(22-16-53-30(33)35-22)37-51-23(29(45)46)15-50-20-4-5-21-18(8-20)12-40(27(21)43)19-13-38(7-3-6-32)39(14-19)11-17-9-34-10-17/h4-5,8,13-14,16-17,23,25,34H,3,6-7,9-12,15,32H2,1-2H3,(H4-,33,35,36,42,45,46,47,48,49)/p+1/b37-24-/t23-,25+/m0/s1. The van der Waals surface area contributed by atoms with Gasteiger partial charge in [-0.1, -0.05) is 5.16 Å². The summed E-state index contributed by atoms with van der Waals surface area (Å²) in [6.07, 6.45) is 2.93. The molecular weight excluding hydrogens is 753 g/mol. The highest BCUT2D eigenvalue weighted by atomic mass is 32.3. The van der Waals surface area contributed by atoms with Gasteiger partial charge >= 0.3 is 16.4 Å². The van der Waals surface area contributed by atoms with Crippen molar-refractivity contribution in [3.8, 4) is 5.75 Å². The van der Waals surface area contributed by atoms with Crippen LogP contribution in [-0.2, 0) is 53.5 Å². The number of carboxylic acid groups (broad SMARTS) is 1. The highest BCUT2D eigenvalue weighted by Gasteiger charge is 2.58. The Hall–Kier alpha value is -5.20. The number of hydrogen-bond donors (Lipinski definition) is 6. The Labute approximate surface area is 312 Å². The number of aryl methyl sites for hydroxylation is 1. The normalized spacial score (nSPS) is 18.9. The molecule has 3 aliphatic rings. The zero-order valence-corrected chi connectivity index (χ0v) is 30.7. The lowest BCUT2D eigenvalue weighted by molar-refractivity contribution is -0.781. The van der Waals surface area contributed by atoms with E-state index < -0.39 is 58.2 Å². The monoisotopic (exact) mass is 791 g/mol. The van der Waals surface area contributed by atoms with E-state index in [1.165, 1.54) is 25.3 Å². The number of fused-ring (bicyclic) bond motifs is 1. The number of oxime groups is 1. The van der Waals surface area contributed by atoms with Crippen LogP contribution < -0.4 is 36.4 Å². The summed E-state index contributed by atoms with van der Waals surface area (Å²) in [5.41, 5.74) is 11.2. The SMILES string of the molecule is CC1(C)[C@H](NC(=O)/C(=N\O[C@@H](COc2ccc3c(c2)CN(c2cn(CCCN)[n+](CC4CNC4)c2)C3=O)C(=O)O)c2csc(N)n2)C(=O)N1OS(=O)(=O)O. The number of carboxylic acids is 1. The van der Waals surface area contributed by atoms with Crippen LogP contribution >= 0.6 is 11.3 Å². The molecule has 0 unspecified atom stereocenters. The van der Waals surface area contributed by atoms with Crippen molar-refractivity contribution in [2.45, 2.75) is 57.6 Å². The van der Waals surface area contributed by atoms with Crippen molar-refractivity contribution in [1.82, 2.24) is 25.4 Å². The fraction of sp³-hybridized carbons (Fsp3) is 0.452. The lowest BCUT2D eigenvalue weighted by Gasteiger charge is -2.50. The van der Waals surface area contributed by atoms with Gasteiger partial charge in [0.15, 0.2) is 17.4 Å². The highest BCUT2D eigenvalue weighted by Crippen LogP contribution is 2.33. The van der Waals surface area contributed by atoms with Crippen LogP contribution in [-0.4, -0.2) is 106 Å². The van der Waals surface area contributed by atoms with Gasteiger partial charge in [0.2, 0.25) is 6.20 Å². The van der Waals surface area contributed by atoms with Gasteiger partial charge in [0.1, 0.15) is 29.8 Å². The molecule has 0 spiro atoms. The summed E-state index contributed by atoms with van der Waals surface area (Å²) < 4.78 is 45.5. The number of benzene rings is 1. The van der Waals surface area contributed by atoms with Gasteiger partial charge in [-0.3, -0.25) is 23.8 Å². The summed E-state index contributed by atoms with van der Waals surface area (Å²) in [6, 6.07) is 3.41. The number of nitrogens with zero attached hydrogens (tertiary/aromatic N) is 6. The predicted octanol–water partition coefficient (Wildman–Crippen LogP) is -1.36. The van der Waals surface area contributed by atoms with Gasteiger partial charge in [-0.05, 0) is 50.6 Å². The number of rotatable bonds is 17. The number of ether oxygens (including phenoxy) is 1. The van der Waals surface area contributed by atoms with E-state index in [1.807, 2.05) is 12.4 Å². The maximum atomic E-state index is 13.4. The van der Waals surface area contributed by atoms with E-state index in [-0.39, 0.29) is 29.0 Å². The molecule has 3 aromatic rings. The number of amides is 3. The Morgan fingerprint density at radius 2 is 2.04 bits per heavy atom. The van der Waals surface area contributed by atoms with Crippen LogP contribution in [0.15, 0.2) is 41.1 Å². The molecule has 2 aromatic heterocycles. The fourth-order valence-electron chi connectivity index (χ4n) is 6.02. The van der Waals surface area contributed by atoms with E-state index >= 15 is 0 Å². The van der Waals surface area contributed by atoms with Crippen LogP contribution in [0.1, 0.15) is 41.9 Å². The number of hydrogen-bond acceptors (Lipinski definition) is 15. The molecule has 0 radical (unpaired) electrons. The minimum absolute atomic E-state index is 0.0413. The van der Waals surface area contributed by atoms with Crippen LogP contribution in [0.3, 0.4) is 0 Å². The largest absolute Gasteiger partial charge is 0.489 e. The number of carbonyl (C=O) groups excluding carboxylic acids is 3. The first-order chi connectivity index (χ1) is 25.5. The Morgan fingerprint density at radius 3 is 2.65 bits per heavy atom. The Balaban J connectivity index is 1.13. The van der Waals surface area contributed by atoms with E-state index in [0.717, 1.165) is 43.1 Å². The van der Waals surface area contributed by atoms with Crippen molar-refractivity contribution in [2.24, 2.45) is 16.8 Å². The quantitative estimate of drug-likeness (QED) is 0.0303. The number of nitrogens with two attached hydrogens (primary N) is 2. The molecule has 2 saturated heterocycles. The fourth-order valence-corrected chi connectivity index (χ4v) is 7.02. The van der Waals surface area contributed by atoms with E-state index in [0.29, 0.717) is 35.2 Å². The minimum atomic E-state index is -5.04. The molecule has 0 aliphatic carbocycles. The second kappa shape index (κ2) is 15.3. The van der Waals surface area contributed by atoms with E-state index in [4.69, 9.17) is 25.6 Å². The number of thiazole rings is 1. The third kappa shape index (κ3) is 8.14. The van der Waals surface area contributed by atoms with Gasteiger partial charge in [0.25, 0.3) is 23.8 Å². The molecular formula is C31H39N10O11S2+. The first-order valence-corrected chi connectivity index (χ1v) is 18.9. The molecule has 5 heterocycles. The first kappa shape index (κ1) is 38.5. The van der Waals surface area contributed by atoms with Crippen LogP contribution in [0.25, 0.3) is 0 Å². The van der Waals surface area contributed by atoms with Gasteiger partial charge in [0.05, 0.1) is 24.8 Å². The number of aliphatic carboxylic acids is 1. The molecule has 3 aliphatic heterocycles. The Bertz CT molecular complexity index is 2100. The number of aromatic nitrogens is 3. The number of nitrogen functional groups attached to an aromatic ring is 1. The van der Waals surface area contributed by atoms with Gasteiger partial charge in [0, 0.05) is 30.0 Å². The molecule has 54 heavy (non-hydrogen) atoms. The molecule has 2 atom stereocenters. The molecule has 21 nitrogen and oxygen atoms in total. The highest BCUT2D eigenvalue weighted by molar-refractivity contribution is 7.80. The van der Waals surface area contributed by atoms with Crippen molar-refractivity contribution >= 4 is 62.0 Å². The third-order valence-corrected chi connectivity index (χ3v) is 10.0. The number of carbonyl (C=O) groups is 4. The number of nitrogens with one attached hydrogen (secondary N) is 2. The zero-order valence-electron chi connectivity index (χ0n) is 29.1. The van der Waals surface area contributed by atoms with Crippen molar-refractivity contribution < 1.29 is 55.8 Å². The molecule has 2 fully saturated rings. The molecule has 290 valence electrons. The minimum Gasteiger partial charge on any atom is -0.489 e. The maximum absolute atomic E-state index is 13.4. The van der Waals surface area contributed by atoms with Crippen LogP contribution in [0.2, 0.25) is 0 Å². The molecule has 23 heteroatoms. The second-order valence-electron chi connectivity index (χ2n) is 13.3. The van der Waals surface area contributed by atoms with E-state index in [1.54, 1.807) is 17.0 Å². The topological polar surface area (TPSA) is 287 Å². The number of β-lactam (4-membered cyclic amide) rings is 1. The molecule has 0 saturated carbocycles.